The Morgan fingerprint density at radius 2 is 1.81 bits per heavy atom. The molecule has 1 unspecified atom stereocenters. The number of hydrogen-bond acceptors (Lipinski definition) is 4. The summed E-state index contributed by atoms with van der Waals surface area (Å²) in [5, 5.41) is 9.21. The van der Waals surface area contributed by atoms with Gasteiger partial charge in [0.15, 0.2) is 0 Å². The topological polar surface area (TPSA) is 90.5 Å². The summed E-state index contributed by atoms with van der Waals surface area (Å²) >= 11 is 6.39. The maximum Gasteiger partial charge on any atom is 0.325 e. The number of carbonyl (C=O) groups is 3. The van der Waals surface area contributed by atoms with Gasteiger partial charge in [-0.2, -0.15) is 0 Å². The number of benzene rings is 2. The number of anilines is 2. The molecule has 2 aromatic rings. The Kier molecular flexibility index (Phi) is 6.85. The number of rotatable bonds is 8. The van der Waals surface area contributed by atoms with E-state index in [0.717, 1.165) is 16.2 Å². The second-order valence-corrected chi connectivity index (χ2v) is 8.04. The van der Waals surface area contributed by atoms with Crippen LogP contribution in [0.4, 0.5) is 16.2 Å². The van der Waals surface area contributed by atoms with Gasteiger partial charge in [0, 0.05) is 11.7 Å². The van der Waals surface area contributed by atoms with Gasteiger partial charge in [0.1, 0.15) is 12.1 Å². The minimum Gasteiger partial charge on any atom is -0.377 e. The standard InChI is InChI=1S/C23H27ClN4O3/c1-4-23(5-2)21(30)28(22(31)27-23)14-20(29)26-17-11-12-19(18(24)13-17)25-15(3)16-9-7-6-8-10-16/h6-13,15,25H,4-5,14H2,1-3H3,(H,26,29)(H,27,31). The molecule has 1 fully saturated rings. The largest absolute Gasteiger partial charge is 0.377 e. The predicted molar refractivity (Wildman–Crippen MR) is 122 cm³/mol. The second kappa shape index (κ2) is 9.39. The van der Waals surface area contributed by atoms with Gasteiger partial charge in [-0.1, -0.05) is 55.8 Å². The van der Waals surface area contributed by atoms with E-state index < -0.39 is 17.5 Å². The number of imide groups is 1. The average Bonchev–Trinajstić information content (AvgIpc) is 3.00. The van der Waals surface area contributed by atoms with E-state index in [-0.39, 0.29) is 18.5 Å². The van der Waals surface area contributed by atoms with Crippen molar-refractivity contribution in [1.29, 1.82) is 0 Å². The summed E-state index contributed by atoms with van der Waals surface area (Å²) < 4.78 is 0. The Labute approximate surface area is 187 Å². The quantitative estimate of drug-likeness (QED) is 0.522. The summed E-state index contributed by atoms with van der Waals surface area (Å²) in [5.41, 5.74) is 1.42. The summed E-state index contributed by atoms with van der Waals surface area (Å²) in [7, 11) is 0. The highest BCUT2D eigenvalue weighted by molar-refractivity contribution is 6.33. The molecule has 1 aliphatic rings. The number of hydrogen-bond donors (Lipinski definition) is 3. The molecule has 0 aliphatic carbocycles. The van der Waals surface area contributed by atoms with E-state index in [2.05, 4.69) is 16.0 Å². The van der Waals surface area contributed by atoms with Crippen LogP contribution in [0.2, 0.25) is 5.02 Å². The summed E-state index contributed by atoms with van der Waals surface area (Å²) in [6, 6.07) is 14.6. The minimum atomic E-state index is -0.927. The molecule has 1 atom stereocenters. The van der Waals surface area contributed by atoms with Gasteiger partial charge in [0.05, 0.1) is 10.7 Å². The predicted octanol–water partition coefficient (Wildman–Crippen LogP) is 4.56. The lowest BCUT2D eigenvalue weighted by atomic mass is 9.93. The van der Waals surface area contributed by atoms with Gasteiger partial charge < -0.3 is 16.0 Å². The smallest absolute Gasteiger partial charge is 0.325 e. The Hall–Kier alpha value is -3.06. The third-order valence-electron chi connectivity index (χ3n) is 5.68. The van der Waals surface area contributed by atoms with Crippen molar-refractivity contribution in [2.75, 3.05) is 17.2 Å². The van der Waals surface area contributed by atoms with Crippen molar-refractivity contribution in [1.82, 2.24) is 10.2 Å². The molecule has 164 valence electrons. The van der Waals surface area contributed by atoms with Crippen LogP contribution in [0.3, 0.4) is 0 Å². The molecule has 1 saturated heterocycles. The molecule has 3 rings (SSSR count). The second-order valence-electron chi connectivity index (χ2n) is 7.63. The minimum absolute atomic E-state index is 0.0521. The van der Waals surface area contributed by atoms with Gasteiger partial charge in [-0.15, -0.1) is 0 Å². The zero-order valence-electron chi connectivity index (χ0n) is 17.9. The van der Waals surface area contributed by atoms with Crippen molar-refractivity contribution in [3.05, 3.63) is 59.1 Å². The van der Waals surface area contributed by atoms with E-state index in [4.69, 9.17) is 11.6 Å². The molecule has 31 heavy (non-hydrogen) atoms. The molecule has 0 saturated carbocycles. The van der Waals surface area contributed by atoms with E-state index in [1.54, 1.807) is 18.2 Å². The van der Waals surface area contributed by atoms with Gasteiger partial charge in [-0.25, -0.2) is 4.79 Å². The lowest BCUT2D eigenvalue weighted by molar-refractivity contribution is -0.134. The lowest BCUT2D eigenvalue weighted by Crippen LogP contribution is -2.46. The Morgan fingerprint density at radius 1 is 1.13 bits per heavy atom. The molecule has 2 aromatic carbocycles. The summed E-state index contributed by atoms with van der Waals surface area (Å²) in [6.45, 7) is 5.35. The first-order valence-corrected chi connectivity index (χ1v) is 10.7. The maximum absolute atomic E-state index is 12.6. The highest BCUT2D eigenvalue weighted by atomic mass is 35.5. The Morgan fingerprint density at radius 3 is 2.39 bits per heavy atom. The SMILES string of the molecule is CCC1(CC)NC(=O)N(CC(=O)Nc2ccc(NC(C)c3ccccc3)c(Cl)c2)C1=O. The van der Waals surface area contributed by atoms with Gasteiger partial charge >= 0.3 is 6.03 Å². The number of urea groups is 1. The van der Waals surface area contributed by atoms with E-state index in [1.807, 2.05) is 51.1 Å². The number of nitrogens with one attached hydrogen (secondary N) is 3. The van der Waals surface area contributed by atoms with Crippen LogP contribution in [0.1, 0.15) is 45.2 Å². The fourth-order valence-electron chi connectivity index (χ4n) is 3.66. The van der Waals surface area contributed by atoms with Crippen LogP contribution in [0, 0.1) is 0 Å². The first-order valence-electron chi connectivity index (χ1n) is 10.3. The van der Waals surface area contributed by atoms with Gasteiger partial charge in [-0.05, 0) is 43.5 Å². The van der Waals surface area contributed by atoms with Crippen LogP contribution in [0.25, 0.3) is 0 Å². The van der Waals surface area contributed by atoms with Crippen molar-refractivity contribution >= 4 is 40.8 Å². The van der Waals surface area contributed by atoms with Crippen molar-refractivity contribution in [2.24, 2.45) is 0 Å². The summed E-state index contributed by atoms with van der Waals surface area (Å²) in [5.74, 6) is -0.842. The van der Waals surface area contributed by atoms with Crippen molar-refractivity contribution in [3.63, 3.8) is 0 Å². The molecular formula is C23H27ClN4O3. The average molecular weight is 443 g/mol. The fourth-order valence-corrected chi connectivity index (χ4v) is 3.90. The van der Waals surface area contributed by atoms with E-state index in [1.165, 1.54) is 0 Å². The molecule has 1 heterocycles. The summed E-state index contributed by atoms with van der Waals surface area (Å²) in [4.78, 5) is 38.3. The van der Waals surface area contributed by atoms with Crippen LogP contribution in [-0.4, -0.2) is 34.8 Å². The molecule has 3 N–H and O–H groups in total. The molecular weight excluding hydrogens is 416 g/mol. The highest BCUT2D eigenvalue weighted by Crippen LogP contribution is 2.29. The number of carbonyl (C=O) groups excluding carboxylic acids is 3. The van der Waals surface area contributed by atoms with Gasteiger partial charge in [0.2, 0.25) is 5.91 Å². The number of nitrogens with zero attached hydrogens (tertiary/aromatic N) is 1. The van der Waals surface area contributed by atoms with Crippen LogP contribution in [0.15, 0.2) is 48.5 Å². The lowest BCUT2D eigenvalue weighted by Gasteiger charge is -2.23. The Bertz CT molecular complexity index is 976. The highest BCUT2D eigenvalue weighted by Gasteiger charge is 2.49. The molecule has 1 aliphatic heterocycles. The van der Waals surface area contributed by atoms with Crippen molar-refractivity contribution in [2.45, 2.75) is 45.2 Å². The van der Waals surface area contributed by atoms with E-state index >= 15 is 0 Å². The number of halogens is 1. The first kappa shape index (κ1) is 22.6. The normalized spacial score (nSPS) is 16.1. The zero-order valence-corrected chi connectivity index (χ0v) is 18.6. The van der Waals surface area contributed by atoms with Crippen LogP contribution < -0.4 is 16.0 Å². The molecule has 0 bridgehead atoms. The molecule has 4 amide bonds. The maximum atomic E-state index is 12.6. The third kappa shape index (κ3) is 4.82. The molecule has 8 heteroatoms. The summed E-state index contributed by atoms with van der Waals surface area (Å²) in [6.07, 6.45) is 0.940. The monoisotopic (exact) mass is 442 g/mol. The van der Waals surface area contributed by atoms with Crippen LogP contribution in [-0.2, 0) is 9.59 Å². The van der Waals surface area contributed by atoms with Crippen LogP contribution >= 0.6 is 11.6 Å². The van der Waals surface area contributed by atoms with Gasteiger partial charge in [0.25, 0.3) is 5.91 Å². The molecule has 0 radical (unpaired) electrons. The van der Waals surface area contributed by atoms with Crippen LogP contribution in [0.5, 0.6) is 0 Å². The third-order valence-corrected chi connectivity index (χ3v) is 5.99. The zero-order chi connectivity index (χ0) is 22.6. The van der Waals surface area contributed by atoms with Crippen molar-refractivity contribution in [3.8, 4) is 0 Å². The van der Waals surface area contributed by atoms with Gasteiger partial charge in [-0.3, -0.25) is 14.5 Å². The van der Waals surface area contributed by atoms with E-state index in [0.29, 0.717) is 23.6 Å². The molecule has 0 aromatic heterocycles. The molecule has 0 spiro atoms. The fraction of sp³-hybridized carbons (Fsp3) is 0.348. The molecule has 7 nitrogen and oxygen atoms in total. The first-order chi connectivity index (χ1) is 14.8. The van der Waals surface area contributed by atoms with E-state index in [9.17, 15) is 14.4 Å². The Balaban J connectivity index is 1.63. The number of amides is 4. The van der Waals surface area contributed by atoms with Crippen molar-refractivity contribution < 1.29 is 14.4 Å².